The monoisotopic (exact) mass is 222 g/mol. The van der Waals surface area contributed by atoms with Crippen molar-refractivity contribution in [3.63, 3.8) is 0 Å². The Morgan fingerprint density at radius 3 is 2.62 bits per heavy atom. The first-order chi connectivity index (χ1) is 7.46. The lowest BCUT2D eigenvalue weighted by Gasteiger charge is -2.41. The molecule has 16 heavy (non-hydrogen) atoms. The second-order valence-electron chi connectivity index (χ2n) is 4.89. The van der Waals surface area contributed by atoms with Gasteiger partial charge in [-0.3, -0.25) is 0 Å². The van der Waals surface area contributed by atoms with Crippen molar-refractivity contribution >= 4 is 11.6 Å². The van der Waals surface area contributed by atoms with Gasteiger partial charge in [-0.15, -0.1) is 0 Å². The number of morpholine rings is 1. The zero-order valence-corrected chi connectivity index (χ0v) is 9.97. The third kappa shape index (κ3) is 2.41. The second kappa shape index (κ2) is 3.90. The maximum atomic E-state index is 5.83. The Bertz CT molecular complexity index is 363. The molecule has 0 spiro atoms. The van der Waals surface area contributed by atoms with E-state index in [0.29, 0.717) is 5.69 Å². The van der Waals surface area contributed by atoms with Crippen LogP contribution in [0.2, 0.25) is 0 Å². The van der Waals surface area contributed by atoms with E-state index < -0.39 is 0 Å². The molecule has 2 rings (SSSR count). The van der Waals surface area contributed by atoms with Gasteiger partial charge in [0, 0.05) is 13.1 Å². The molecule has 1 fully saturated rings. The van der Waals surface area contributed by atoms with Crippen molar-refractivity contribution in [2.45, 2.75) is 32.5 Å². The van der Waals surface area contributed by atoms with Gasteiger partial charge in [-0.2, -0.15) is 0 Å². The Morgan fingerprint density at radius 1 is 1.44 bits per heavy atom. The largest absolute Gasteiger partial charge is 0.396 e. The predicted molar refractivity (Wildman–Crippen MR) is 63.3 cm³/mol. The molecule has 1 aliphatic heterocycles. The minimum atomic E-state index is -0.164. The van der Waals surface area contributed by atoms with Gasteiger partial charge in [-0.1, -0.05) is 0 Å². The van der Waals surface area contributed by atoms with Crippen LogP contribution in [0.25, 0.3) is 0 Å². The quantitative estimate of drug-likeness (QED) is 0.769. The first-order valence-electron chi connectivity index (χ1n) is 5.46. The summed E-state index contributed by atoms with van der Waals surface area (Å²) >= 11 is 0. The van der Waals surface area contributed by atoms with Crippen LogP contribution in [0.4, 0.5) is 11.6 Å². The number of ether oxygens (including phenoxy) is 1. The van der Waals surface area contributed by atoms with Gasteiger partial charge in [-0.05, 0) is 20.8 Å². The lowest BCUT2D eigenvalue weighted by Crippen LogP contribution is -2.52. The zero-order chi connectivity index (χ0) is 11.8. The van der Waals surface area contributed by atoms with Crippen molar-refractivity contribution in [3.05, 3.63) is 12.4 Å². The van der Waals surface area contributed by atoms with E-state index in [1.54, 1.807) is 12.4 Å². The fourth-order valence-corrected chi connectivity index (χ4v) is 2.10. The Morgan fingerprint density at radius 2 is 2.06 bits per heavy atom. The van der Waals surface area contributed by atoms with Crippen LogP contribution in [0, 0.1) is 0 Å². The van der Waals surface area contributed by atoms with Gasteiger partial charge in [0.2, 0.25) is 5.95 Å². The highest BCUT2D eigenvalue weighted by molar-refractivity contribution is 5.38. The summed E-state index contributed by atoms with van der Waals surface area (Å²) in [6.07, 6.45) is 3.45. The molecule has 88 valence electrons. The van der Waals surface area contributed by atoms with E-state index in [4.69, 9.17) is 10.5 Å². The highest BCUT2D eigenvalue weighted by Crippen LogP contribution is 2.23. The van der Waals surface area contributed by atoms with Crippen LogP contribution in [0.1, 0.15) is 20.8 Å². The lowest BCUT2D eigenvalue weighted by atomic mass is 10.1. The van der Waals surface area contributed by atoms with Gasteiger partial charge < -0.3 is 15.4 Å². The Balaban J connectivity index is 2.17. The predicted octanol–water partition coefficient (Wildman–Crippen LogP) is 1.06. The first-order valence-corrected chi connectivity index (χ1v) is 5.46. The van der Waals surface area contributed by atoms with Crippen molar-refractivity contribution in [2.24, 2.45) is 0 Å². The number of nitrogens with zero attached hydrogens (tertiary/aromatic N) is 3. The van der Waals surface area contributed by atoms with Crippen LogP contribution in [-0.2, 0) is 4.74 Å². The number of nitrogens with two attached hydrogens (primary N) is 1. The molecule has 0 amide bonds. The Labute approximate surface area is 95.6 Å². The molecule has 1 saturated heterocycles. The van der Waals surface area contributed by atoms with E-state index >= 15 is 0 Å². The van der Waals surface area contributed by atoms with E-state index in [1.807, 2.05) is 0 Å². The van der Waals surface area contributed by atoms with E-state index in [2.05, 4.69) is 35.6 Å². The smallest absolute Gasteiger partial charge is 0.225 e. The van der Waals surface area contributed by atoms with Gasteiger partial charge in [0.15, 0.2) is 0 Å². The number of anilines is 2. The molecule has 0 aliphatic carbocycles. The third-order valence-corrected chi connectivity index (χ3v) is 2.51. The summed E-state index contributed by atoms with van der Waals surface area (Å²) < 4.78 is 5.83. The van der Waals surface area contributed by atoms with Crippen molar-refractivity contribution in [2.75, 3.05) is 23.7 Å². The summed E-state index contributed by atoms with van der Waals surface area (Å²) in [4.78, 5) is 10.6. The molecular formula is C11H18N4O. The van der Waals surface area contributed by atoms with Gasteiger partial charge >= 0.3 is 0 Å². The molecule has 0 bridgehead atoms. The third-order valence-electron chi connectivity index (χ3n) is 2.51. The number of aromatic nitrogens is 2. The normalized spacial score (nSPS) is 24.4. The van der Waals surface area contributed by atoms with Crippen molar-refractivity contribution < 1.29 is 4.74 Å². The van der Waals surface area contributed by atoms with Crippen LogP contribution >= 0.6 is 0 Å². The number of rotatable bonds is 1. The van der Waals surface area contributed by atoms with Crippen LogP contribution in [0.15, 0.2) is 12.4 Å². The topological polar surface area (TPSA) is 64.3 Å². The van der Waals surface area contributed by atoms with Crippen molar-refractivity contribution in [1.29, 1.82) is 0 Å². The summed E-state index contributed by atoms with van der Waals surface area (Å²) in [7, 11) is 0. The number of hydrogen-bond acceptors (Lipinski definition) is 5. The SMILES string of the molecule is CC1CN(c2ncc(N)cn2)CC(C)(C)O1. The highest BCUT2D eigenvalue weighted by atomic mass is 16.5. The van der Waals surface area contributed by atoms with E-state index in [-0.39, 0.29) is 11.7 Å². The fraction of sp³-hybridized carbons (Fsp3) is 0.636. The fourth-order valence-electron chi connectivity index (χ4n) is 2.10. The summed E-state index contributed by atoms with van der Waals surface area (Å²) in [6.45, 7) is 7.82. The standard InChI is InChI=1S/C11H18N4O/c1-8-6-15(7-11(2,3)16-8)10-13-4-9(12)5-14-10/h4-5,8H,6-7,12H2,1-3H3. The molecule has 0 radical (unpaired) electrons. The molecule has 1 aliphatic rings. The van der Waals surface area contributed by atoms with Gasteiger partial charge in [0.05, 0.1) is 29.8 Å². The average molecular weight is 222 g/mol. The summed E-state index contributed by atoms with van der Waals surface area (Å²) in [5.41, 5.74) is 5.99. The van der Waals surface area contributed by atoms with Gasteiger partial charge in [0.1, 0.15) is 0 Å². The van der Waals surface area contributed by atoms with Crippen LogP contribution in [0.3, 0.4) is 0 Å². The molecular weight excluding hydrogens is 204 g/mol. The Hall–Kier alpha value is -1.36. The maximum Gasteiger partial charge on any atom is 0.225 e. The van der Waals surface area contributed by atoms with Crippen molar-refractivity contribution in [1.82, 2.24) is 9.97 Å². The lowest BCUT2D eigenvalue weighted by molar-refractivity contribution is -0.0753. The van der Waals surface area contributed by atoms with Gasteiger partial charge in [-0.25, -0.2) is 9.97 Å². The molecule has 1 aromatic heterocycles. The zero-order valence-electron chi connectivity index (χ0n) is 9.97. The van der Waals surface area contributed by atoms with E-state index in [1.165, 1.54) is 0 Å². The molecule has 5 heteroatoms. The molecule has 0 saturated carbocycles. The Kier molecular flexibility index (Phi) is 2.71. The van der Waals surface area contributed by atoms with Crippen LogP contribution < -0.4 is 10.6 Å². The van der Waals surface area contributed by atoms with Crippen LogP contribution in [-0.4, -0.2) is 34.8 Å². The minimum Gasteiger partial charge on any atom is -0.396 e. The number of nitrogen functional groups attached to an aromatic ring is 1. The molecule has 5 nitrogen and oxygen atoms in total. The molecule has 2 heterocycles. The summed E-state index contributed by atoms with van der Waals surface area (Å²) in [5, 5.41) is 0. The highest BCUT2D eigenvalue weighted by Gasteiger charge is 2.32. The number of hydrogen-bond donors (Lipinski definition) is 1. The summed E-state index contributed by atoms with van der Waals surface area (Å²) in [5.74, 6) is 0.720. The molecule has 1 unspecified atom stereocenters. The minimum absolute atomic E-state index is 0.164. The average Bonchev–Trinajstić information content (AvgIpc) is 2.15. The van der Waals surface area contributed by atoms with Crippen LogP contribution in [0.5, 0.6) is 0 Å². The molecule has 2 N–H and O–H groups in total. The first kappa shape index (κ1) is 11.1. The van der Waals surface area contributed by atoms with E-state index in [9.17, 15) is 0 Å². The molecule has 1 atom stereocenters. The van der Waals surface area contributed by atoms with Crippen molar-refractivity contribution in [3.8, 4) is 0 Å². The molecule has 0 aromatic carbocycles. The second-order valence-corrected chi connectivity index (χ2v) is 4.89. The summed E-state index contributed by atoms with van der Waals surface area (Å²) in [6, 6.07) is 0. The van der Waals surface area contributed by atoms with Gasteiger partial charge in [0.25, 0.3) is 0 Å². The van der Waals surface area contributed by atoms with E-state index in [0.717, 1.165) is 19.0 Å². The molecule has 1 aromatic rings. The maximum absolute atomic E-state index is 5.83.